The van der Waals surface area contributed by atoms with Crippen LogP contribution >= 0.6 is 0 Å². The molecule has 0 amide bonds. The second kappa shape index (κ2) is 6.83. The van der Waals surface area contributed by atoms with Gasteiger partial charge in [0.05, 0.1) is 0 Å². The van der Waals surface area contributed by atoms with Crippen molar-refractivity contribution in [1.82, 2.24) is 10.2 Å². The minimum Gasteiger partial charge on any atom is -0.490 e. The van der Waals surface area contributed by atoms with Gasteiger partial charge in [-0.05, 0) is 30.9 Å². The Morgan fingerprint density at radius 2 is 1.90 bits per heavy atom. The maximum atomic E-state index is 6.04. The van der Waals surface area contributed by atoms with E-state index < -0.39 is 0 Å². The zero-order valence-electron chi connectivity index (χ0n) is 12.8. The van der Waals surface area contributed by atoms with E-state index in [1.807, 2.05) is 37.4 Å². The van der Waals surface area contributed by atoms with Crippen molar-refractivity contribution in [3.05, 3.63) is 30.3 Å². The van der Waals surface area contributed by atoms with Gasteiger partial charge in [-0.3, -0.25) is 4.99 Å². The first kappa shape index (κ1) is 14.2. The van der Waals surface area contributed by atoms with Crippen molar-refractivity contribution in [3.63, 3.8) is 0 Å². The number of hydrogen-bond donors (Lipinski definition) is 1. The van der Waals surface area contributed by atoms with Gasteiger partial charge < -0.3 is 15.0 Å². The topological polar surface area (TPSA) is 36.9 Å². The number of nitrogens with zero attached hydrogens (tertiary/aromatic N) is 2. The van der Waals surface area contributed by atoms with E-state index in [9.17, 15) is 0 Å². The maximum absolute atomic E-state index is 6.04. The quantitative estimate of drug-likeness (QED) is 0.683. The number of piperidine rings is 1. The summed E-state index contributed by atoms with van der Waals surface area (Å²) in [4.78, 5) is 6.77. The zero-order valence-corrected chi connectivity index (χ0v) is 12.8. The van der Waals surface area contributed by atoms with Crippen LogP contribution in [0.15, 0.2) is 35.3 Å². The molecule has 2 fully saturated rings. The Morgan fingerprint density at radius 3 is 2.52 bits per heavy atom. The molecule has 0 radical (unpaired) electrons. The minimum absolute atomic E-state index is 0.324. The molecule has 1 heterocycles. The van der Waals surface area contributed by atoms with Gasteiger partial charge in [0.25, 0.3) is 0 Å². The highest BCUT2D eigenvalue weighted by molar-refractivity contribution is 5.80. The molecule has 1 aromatic rings. The summed E-state index contributed by atoms with van der Waals surface area (Å²) in [5, 5.41) is 3.50. The van der Waals surface area contributed by atoms with Crippen LogP contribution in [0, 0.1) is 5.92 Å². The SMILES string of the molecule is CN=C(NCC1CC1)N1CCC(Oc2ccccc2)CC1. The Labute approximate surface area is 127 Å². The molecule has 2 aliphatic rings. The molecule has 1 saturated heterocycles. The molecular weight excluding hydrogens is 262 g/mol. The highest BCUT2D eigenvalue weighted by atomic mass is 16.5. The first-order valence-electron chi connectivity index (χ1n) is 8.02. The van der Waals surface area contributed by atoms with Crippen molar-refractivity contribution in [2.75, 3.05) is 26.7 Å². The van der Waals surface area contributed by atoms with E-state index in [0.717, 1.165) is 50.1 Å². The molecule has 114 valence electrons. The number of benzene rings is 1. The predicted octanol–water partition coefficient (Wildman–Crippen LogP) is 2.52. The minimum atomic E-state index is 0.324. The Kier molecular flexibility index (Phi) is 4.63. The molecule has 0 bridgehead atoms. The van der Waals surface area contributed by atoms with Crippen LogP contribution in [0.25, 0.3) is 0 Å². The summed E-state index contributed by atoms with van der Waals surface area (Å²) in [6.45, 7) is 3.11. The molecule has 1 saturated carbocycles. The molecule has 3 rings (SSSR count). The Balaban J connectivity index is 1.45. The highest BCUT2D eigenvalue weighted by Crippen LogP contribution is 2.27. The van der Waals surface area contributed by atoms with Gasteiger partial charge in [0.2, 0.25) is 0 Å². The number of likely N-dealkylation sites (tertiary alicyclic amines) is 1. The summed E-state index contributed by atoms with van der Waals surface area (Å²) >= 11 is 0. The third-order valence-corrected chi connectivity index (χ3v) is 4.25. The molecule has 0 atom stereocenters. The first-order chi connectivity index (χ1) is 10.3. The lowest BCUT2D eigenvalue weighted by atomic mass is 10.1. The van der Waals surface area contributed by atoms with E-state index in [4.69, 9.17) is 4.74 Å². The fourth-order valence-corrected chi connectivity index (χ4v) is 2.77. The molecule has 1 aromatic carbocycles. The summed E-state index contributed by atoms with van der Waals surface area (Å²) in [5.41, 5.74) is 0. The molecule has 0 unspecified atom stereocenters. The van der Waals surface area contributed by atoms with Crippen LogP contribution in [0.1, 0.15) is 25.7 Å². The van der Waals surface area contributed by atoms with E-state index in [-0.39, 0.29) is 0 Å². The predicted molar refractivity (Wildman–Crippen MR) is 85.8 cm³/mol. The van der Waals surface area contributed by atoms with Crippen molar-refractivity contribution in [2.45, 2.75) is 31.8 Å². The van der Waals surface area contributed by atoms with Crippen molar-refractivity contribution >= 4 is 5.96 Å². The van der Waals surface area contributed by atoms with Gasteiger partial charge in [-0.1, -0.05) is 18.2 Å². The van der Waals surface area contributed by atoms with Crippen LogP contribution in [0.5, 0.6) is 5.75 Å². The number of guanidine groups is 1. The number of nitrogens with one attached hydrogen (secondary N) is 1. The Hall–Kier alpha value is -1.71. The second-order valence-corrected chi connectivity index (χ2v) is 5.99. The summed E-state index contributed by atoms with van der Waals surface area (Å²) < 4.78 is 6.04. The number of para-hydroxylation sites is 1. The van der Waals surface area contributed by atoms with Crippen LogP contribution in [-0.4, -0.2) is 43.6 Å². The van der Waals surface area contributed by atoms with E-state index in [2.05, 4.69) is 15.2 Å². The fourth-order valence-electron chi connectivity index (χ4n) is 2.77. The Morgan fingerprint density at radius 1 is 1.19 bits per heavy atom. The number of hydrogen-bond acceptors (Lipinski definition) is 2. The monoisotopic (exact) mass is 287 g/mol. The van der Waals surface area contributed by atoms with Gasteiger partial charge in [-0.15, -0.1) is 0 Å². The summed E-state index contributed by atoms with van der Waals surface area (Å²) in [6.07, 6.45) is 5.18. The highest BCUT2D eigenvalue weighted by Gasteiger charge is 2.25. The third-order valence-electron chi connectivity index (χ3n) is 4.25. The van der Waals surface area contributed by atoms with E-state index in [1.54, 1.807) is 0 Å². The first-order valence-corrected chi connectivity index (χ1v) is 8.02. The van der Waals surface area contributed by atoms with E-state index in [1.165, 1.54) is 12.8 Å². The van der Waals surface area contributed by atoms with Crippen LogP contribution < -0.4 is 10.1 Å². The smallest absolute Gasteiger partial charge is 0.193 e. The molecular formula is C17H25N3O. The molecule has 0 aromatic heterocycles. The van der Waals surface area contributed by atoms with E-state index >= 15 is 0 Å². The van der Waals surface area contributed by atoms with Gasteiger partial charge in [0.15, 0.2) is 5.96 Å². The van der Waals surface area contributed by atoms with Crippen molar-refractivity contribution in [2.24, 2.45) is 10.9 Å². The lowest BCUT2D eigenvalue weighted by Gasteiger charge is -2.34. The van der Waals surface area contributed by atoms with Crippen LogP contribution in [0.3, 0.4) is 0 Å². The summed E-state index contributed by atoms with van der Waals surface area (Å²) in [5.74, 6) is 2.91. The number of ether oxygens (including phenoxy) is 1. The molecule has 1 aliphatic heterocycles. The summed E-state index contributed by atoms with van der Waals surface area (Å²) in [7, 11) is 1.88. The van der Waals surface area contributed by atoms with Crippen molar-refractivity contribution < 1.29 is 4.74 Å². The molecule has 4 heteroatoms. The van der Waals surface area contributed by atoms with Crippen LogP contribution in [0.4, 0.5) is 0 Å². The third kappa shape index (κ3) is 4.13. The maximum Gasteiger partial charge on any atom is 0.193 e. The lowest BCUT2D eigenvalue weighted by Crippen LogP contribution is -2.47. The number of aliphatic imine (C=N–C) groups is 1. The van der Waals surface area contributed by atoms with E-state index in [0.29, 0.717) is 6.10 Å². The van der Waals surface area contributed by atoms with Gasteiger partial charge >= 0.3 is 0 Å². The Bertz CT molecular complexity index is 462. The zero-order chi connectivity index (χ0) is 14.5. The van der Waals surface area contributed by atoms with Crippen LogP contribution in [0.2, 0.25) is 0 Å². The molecule has 1 aliphatic carbocycles. The van der Waals surface area contributed by atoms with Crippen molar-refractivity contribution in [3.8, 4) is 5.75 Å². The fraction of sp³-hybridized carbons (Fsp3) is 0.588. The van der Waals surface area contributed by atoms with Gasteiger partial charge in [-0.2, -0.15) is 0 Å². The average molecular weight is 287 g/mol. The largest absolute Gasteiger partial charge is 0.490 e. The molecule has 4 nitrogen and oxygen atoms in total. The molecule has 21 heavy (non-hydrogen) atoms. The van der Waals surface area contributed by atoms with Crippen LogP contribution in [-0.2, 0) is 0 Å². The normalized spacial score (nSPS) is 20.4. The molecule has 0 spiro atoms. The summed E-state index contributed by atoms with van der Waals surface area (Å²) in [6, 6.07) is 10.1. The number of rotatable bonds is 4. The van der Waals surface area contributed by atoms with Gasteiger partial charge in [0.1, 0.15) is 11.9 Å². The van der Waals surface area contributed by atoms with Crippen molar-refractivity contribution in [1.29, 1.82) is 0 Å². The van der Waals surface area contributed by atoms with Gasteiger partial charge in [-0.25, -0.2) is 0 Å². The second-order valence-electron chi connectivity index (χ2n) is 5.99. The lowest BCUT2D eigenvalue weighted by molar-refractivity contribution is 0.129. The standard InChI is InChI=1S/C17H25N3O/c1-18-17(19-13-14-7-8-14)20-11-9-16(10-12-20)21-15-5-3-2-4-6-15/h2-6,14,16H,7-13H2,1H3,(H,18,19). The average Bonchev–Trinajstić information content (AvgIpc) is 3.35. The molecule has 1 N–H and O–H groups in total. The van der Waals surface area contributed by atoms with Gasteiger partial charge in [0, 0.05) is 39.5 Å².